The molecule has 0 bridgehead atoms. The Bertz CT molecular complexity index is 937. The summed E-state index contributed by atoms with van der Waals surface area (Å²) in [7, 11) is 6.21. The molecule has 4 rings (SSSR count). The van der Waals surface area contributed by atoms with Crippen LogP contribution in [0.3, 0.4) is 0 Å². The molecule has 1 heterocycles. The molecule has 150 valence electrons. The Kier molecular flexibility index (Phi) is 5.00. The smallest absolute Gasteiger partial charge is 0.275 e. The monoisotopic (exact) mass is 382 g/mol. The van der Waals surface area contributed by atoms with E-state index in [1.165, 1.54) is 17.5 Å². The van der Waals surface area contributed by atoms with E-state index in [1.807, 2.05) is 37.1 Å². The molecule has 0 radical (unpaired) electrons. The lowest BCUT2D eigenvalue weighted by molar-refractivity contribution is -0.132. The summed E-state index contributed by atoms with van der Waals surface area (Å²) in [6.07, 6.45) is 4.63. The molecule has 2 saturated carbocycles. The van der Waals surface area contributed by atoms with Gasteiger partial charge in [-0.2, -0.15) is 5.10 Å². The molecule has 6 heteroatoms. The molecule has 0 N–H and O–H groups in total. The number of aryl methyl sites for hydroxylation is 1. The number of hydrogen-bond donors (Lipinski definition) is 0. The van der Waals surface area contributed by atoms with Gasteiger partial charge < -0.3 is 9.80 Å². The molecule has 4 atom stereocenters. The Morgan fingerprint density at radius 1 is 1.04 bits per heavy atom. The van der Waals surface area contributed by atoms with E-state index in [-0.39, 0.29) is 24.1 Å². The lowest BCUT2D eigenvalue weighted by Gasteiger charge is -2.27. The van der Waals surface area contributed by atoms with E-state index in [0.29, 0.717) is 11.4 Å². The standard InChI is InChI=1S/C22H30N4O2/c1-14-19-7-5-6-8-20(19)22(28)26(23-14)13-21(27)25(4)18-11-15-9-17(24(2)3)10-16(15)12-18/h5-8,15-18H,9-13H2,1-4H3/t15-,16+,17?,18?. The zero-order chi connectivity index (χ0) is 20.0. The predicted octanol–water partition coefficient (Wildman–Crippen LogP) is 2.28. The van der Waals surface area contributed by atoms with Gasteiger partial charge in [0, 0.05) is 24.5 Å². The van der Waals surface area contributed by atoms with E-state index in [1.54, 1.807) is 6.07 Å². The van der Waals surface area contributed by atoms with Crippen molar-refractivity contribution in [1.29, 1.82) is 0 Å². The second kappa shape index (κ2) is 7.32. The molecular weight excluding hydrogens is 352 g/mol. The highest BCUT2D eigenvalue weighted by atomic mass is 16.2. The van der Waals surface area contributed by atoms with Crippen LogP contribution in [0.5, 0.6) is 0 Å². The SMILES string of the molecule is Cc1nn(CC(=O)N(C)C2C[C@H]3CC(N(C)C)C[C@H]3C2)c(=O)c2ccccc12. The maximum Gasteiger partial charge on any atom is 0.275 e. The second-order valence-corrected chi connectivity index (χ2v) is 8.83. The van der Waals surface area contributed by atoms with Crippen LogP contribution in [0.4, 0.5) is 0 Å². The van der Waals surface area contributed by atoms with Gasteiger partial charge in [0.2, 0.25) is 5.91 Å². The van der Waals surface area contributed by atoms with E-state index in [4.69, 9.17) is 0 Å². The first-order chi connectivity index (χ1) is 13.3. The number of benzene rings is 1. The largest absolute Gasteiger partial charge is 0.341 e. The molecule has 2 unspecified atom stereocenters. The van der Waals surface area contributed by atoms with Crippen molar-refractivity contribution in [3.8, 4) is 0 Å². The minimum absolute atomic E-state index is 0.00711. The number of aromatic nitrogens is 2. The highest BCUT2D eigenvalue weighted by Gasteiger charge is 2.44. The first-order valence-corrected chi connectivity index (χ1v) is 10.2. The van der Waals surface area contributed by atoms with Gasteiger partial charge in [0.25, 0.3) is 5.56 Å². The minimum atomic E-state index is -0.194. The first kappa shape index (κ1) is 19.1. The molecule has 0 saturated heterocycles. The minimum Gasteiger partial charge on any atom is -0.341 e. The third-order valence-electron chi connectivity index (χ3n) is 6.97. The highest BCUT2D eigenvalue weighted by Crippen LogP contribution is 2.46. The van der Waals surface area contributed by atoms with E-state index in [2.05, 4.69) is 24.1 Å². The Balaban J connectivity index is 1.46. The summed E-state index contributed by atoms with van der Waals surface area (Å²) in [5.41, 5.74) is 0.579. The molecule has 2 aromatic rings. The van der Waals surface area contributed by atoms with Gasteiger partial charge in [-0.15, -0.1) is 0 Å². The van der Waals surface area contributed by atoms with Crippen molar-refractivity contribution in [2.75, 3.05) is 21.1 Å². The fraction of sp³-hybridized carbons (Fsp3) is 0.591. The van der Waals surface area contributed by atoms with Crippen molar-refractivity contribution >= 4 is 16.7 Å². The van der Waals surface area contributed by atoms with E-state index in [0.717, 1.165) is 35.8 Å². The van der Waals surface area contributed by atoms with Gasteiger partial charge in [0.05, 0.1) is 11.1 Å². The fourth-order valence-electron chi connectivity index (χ4n) is 5.25. The number of fused-ring (bicyclic) bond motifs is 2. The average Bonchev–Trinajstić information content (AvgIpc) is 3.24. The quantitative estimate of drug-likeness (QED) is 0.814. The van der Waals surface area contributed by atoms with Gasteiger partial charge in [-0.05, 0) is 64.6 Å². The number of rotatable bonds is 4. The number of amides is 1. The van der Waals surface area contributed by atoms with Crippen molar-refractivity contribution in [3.63, 3.8) is 0 Å². The van der Waals surface area contributed by atoms with Crippen molar-refractivity contribution in [2.45, 2.75) is 51.2 Å². The van der Waals surface area contributed by atoms with Crippen LogP contribution in [-0.2, 0) is 11.3 Å². The van der Waals surface area contributed by atoms with E-state index >= 15 is 0 Å². The molecule has 2 aliphatic rings. The number of nitrogens with zero attached hydrogens (tertiary/aromatic N) is 4. The highest BCUT2D eigenvalue weighted by molar-refractivity contribution is 5.83. The van der Waals surface area contributed by atoms with Gasteiger partial charge in [0.15, 0.2) is 0 Å². The molecule has 2 aliphatic carbocycles. The Hall–Kier alpha value is -2.21. The third kappa shape index (κ3) is 3.34. The number of carbonyl (C=O) groups is 1. The summed E-state index contributed by atoms with van der Waals surface area (Å²) < 4.78 is 1.33. The van der Waals surface area contributed by atoms with Crippen LogP contribution < -0.4 is 5.56 Å². The summed E-state index contributed by atoms with van der Waals surface area (Å²) in [6, 6.07) is 8.41. The van der Waals surface area contributed by atoms with Crippen LogP contribution >= 0.6 is 0 Å². The average molecular weight is 383 g/mol. The van der Waals surface area contributed by atoms with Crippen molar-refractivity contribution in [3.05, 3.63) is 40.3 Å². The van der Waals surface area contributed by atoms with Crippen LogP contribution in [0.25, 0.3) is 10.8 Å². The van der Waals surface area contributed by atoms with Crippen molar-refractivity contribution < 1.29 is 4.79 Å². The van der Waals surface area contributed by atoms with Crippen molar-refractivity contribution in [1.82, 2.24) is 19.6 Å². The Labute approximate surface area is 166 Å². The Morgan fingerprint density at radius 3 is 2.21 bits per heavy atom. The number of hydrogen-bond acceptors (Lipinski definition) is 4. The van der Waals surface area contributed by atoms with Gasteiger partial charge in [-0.1, -0.05) is 18.2 Å². The Morgan fingerprint density at radius 2 is 1.61 bits per heavy atom. The molecule has 2 fully saturated rings. The second-order valence-electron chi connectivity index (χ2n) is 8.83. The first-order valence-electron chi connectivity index (χ1n) is 10.2. The summed E-state index contributed by atoms with van der Waals surface area (Å²) in [4.78, 5) is 29.9. The summed E-state index contributed by atoms with van der Waals surface area (Å²) >= 11 is 0. The molecule has 0 aliphatic heterocycles. The lowest BCUT2D eigenvalue weighted by Crippen LogP contribution is -2.40. The molecule has 0 spiro atoms. The van der Waals surface area contributed by atoms with Crippen LogP contribution in [0.1, 0.15) is 31.4 Å². The molecule has 28 heavy (non-hydrogen) atoms. The van der Waals surface area contributed by atoms with Gasteiger partial charge in [-0.25, -0.2) is 4.68 Å². The van der Waals surface area contributed by atoms with E-state index < -0.39 is 0 Å². The number of carbonyl (C=O) groups excluding carboxylic acids is 1. The van der Waals surface area contributed by atoms with Gasteiger partial charge in [-0.3, -0.25) is 9.59 Å². The molecule has 1 aromatic carbocycles. The summed E-state index contributed by atoms with van der Waals surface area (Å²) in [6.45, 7) is 1.89. The van der Waals surface area contributed by atoms with Gasteiger partial charge in [0.1, 0.15) is 6.54 Å². The molecular formula is C22H30N4O2. The molecule has 6 nitrogen and oxygen atoms in total. The zero-order valence-corrected chi connectivity index (χ0v) is 17.3. The van der Waals surface area contributed by atoms with Crippen LogP contribution in [0.2, 0.25) is 0 Å². The van der Waals surface area contributed by atoms with E-state index in [9.17, 15) is 9.59 Å². The summed E-state index contributed by atoms with van der Waals surface area (Å²) in [5, 5.41) is 5.86. The normalized spacial score (nSPS) is 26.8. The number of likely N-dealkylation sites (N-methyl/N-ethyl adjacent to an activating group) is 1. The third-order valence-corrected chi connectivity index (χ3v) is 6.97. The topological polar surface area (TPSA) is 58.4 Å². The lowest BCUT2D eigenvalue weighted by atomic mass is 10.0. The van der Waals surface area contributed by atoms with Crippen LogP contribution in [-0.4, -0.2) is 58.7 Å². The fourth-order valence-corrected chi connectivity index (χ4v) is 5.25. The van der Waals surface area contributed by atoms with Crippen LogP contribution in [0, 0.1) is 18.8 Å². The summed E-state index contributed by atoms with van der Waals surface area (Å²) in [5.74, 6) is 1.41. The maximum absolute atomic E-state index is 12.9. The molecule has 1 amide bonds. The maximum atomic E-state index is 12.9. The zero-order valence-electron chi connectivity index (χ0n) is 17.3. The molecule has 1 aromatic heterocycles. The predicted molar refractivity (Wildman–Crippen MR) is 110 cm³/mol. The van der Waals surface area contributed by atoms with Crippen molar-refractivity contribution in [2.24, 2.45) is 11.8 Å². The van der Waals surface area contributed by atoms with Crippen LogP contribution in [0.15, 0.2) is 29.1 Å². The van der Waals surface area contributed by atoms with Gasteiger partial charge >= 0.3 is 0 Å².